The first kappa shape index (κ1) is 10.0. The van der Waals surface area contributed by atoms with Crippen LogP contribution in [0.15, 0.2) is 6.33 Å². The molecule has 0 radical (unpaired) electrons. The average molecular weight is 208 g/mol. The van der Waals surface area contributed by atoms with Gasteiger partial charge in [-0.2, -0.15) is 4.98 Å². The van der Waals surface area contributed by atoms with Gasteiger partial charge < -0.3 is 15.4 Å². The van der Waals surface area contributed by atoms with E-state index < -0.39 is 0 Å². The molecule has 0 saturated heterocycles. The van der Waals surface area contributed by atoms with Crippen molar-refractivity contribution >= 4 is 11.5 Å². The fraction of sp³-hybridized carbons (Fsp3) is 0.600. The van der Waals surface area contributed by atoms with Gasteiger partial charge in [-0.15, -0.1) is 0 Å². The second-order valence-corrected chi connectivity index (χ2v) is 3.82. The van der Waals surface area contributed by atoms with Gasteiger partial charge in [-0.05, 0) is 19.3 Å². The maximum absolute atomic E-state index is 5.92. The molecule has 0 unspecified atom stereocenters. The van der Waals surface area contributed by atoms with Crippen molar-refractivity contribution < 1.29 is 4.74 Å². The van der Waals surface area contributed by atoms with E-state index in [1.807, 2.05) is 7.05 Å². The highest BCUT2D eigenvalue weighted by atomic mass is 16.5. The van der Waals surface area contributed by atoms with E-state index in [0.717, 1.165) is 5.82 Å². The Morgan fingerprint density at radius 1 is 1.47 bits per heavy atom. The standard InChI is InChI=1S/C10H16N4O/c1-14(7-4-3-5-7)9-8(11)10(15-2)13-6-12-9/h6-7H,3-5,11H2,1-2H3. The quantitative estimate of drug-likeness (QED) is 0.804. The van der Waals surface area contributed by atoms with Gasteiger partial charge in [0, 0.05) is 13.1 Å². The predicted octanol–water partition coefficient (Wildman–Crippen LogP) is 1.06. The van der Waals surface area contributed by atoms with E-state index in [-0.39, 0.29) is 0 Å². The Labute approximate surface area is 89.3 Å². The van der Waals surface area contributed by atoms with Crippen molar-refractivity contribution in [3.05, 3.63) is 6.33 Å². The highest BCUT2D eigenvalue weighted by Gasteiger charge is 2.25. The Morgan fingerprint density at radius 2 is 2.20 bits per heavy atom. The lowest BCUT2D eigenvalue weighted by Crippen LogP contribution is -2.38. The fourth-order valence-electron chi connectivity index (χ4n) is 1.76. The van der Waals surface area contributed by atoms with Crippen LogP contribution in [0.25, 0.3) is 0 Å². The normalized spacial score (nSPS) is 15.9. The number of hydrogen-bond donors (Lipinski definition) is 1. The van der Waals surface area contributed by atoms with Gasteiger partial charge in [-0.1, -0.05) is 0 Å². The largest absolute Gasteiger partial charge is 0.479 e. The van der Waals surface area contributed by atoms with E-state index in [4.69, 9.17) is 10.5 Å². The number of ether oxygens (including phenoxy) is 1. The van der Waals surface area contributed by atoms with E-state index >= 15 is 0 Å². The van der Waals surface area contributed by atoms with Gasteiger partial charge in [0.05, 0.1) is 7.11 Å². The first-order valence-corrected chi connectivity index (χ1v) is 5.11. The minimum absolute atomic E-state index is 0.450. The maximum atomic E-state index is 5.92. The zero-order valence-corrected chi connectivity index (χ0v) is 9.10. The van der Waals surface area contributed by atoms with Crippen LogP contribution in [0.4, 0.5) is 11.5 Å². The van der Waals surface area contributed by atoms with Crippen molar-refractivity contribution in [2.24, 2.45) is 0 Å². The topological polar surface area (TPSA) is 64.3 Å². The zero-order valence-electron chi connectivity index (χ0n) is 9.10. The van der Waals surface area contributed by atoms with Crippen molar-refractivity contribution in [1.82, 2.24) is 9.97 Å². The molecule has 1 aromatic rings. The Morgan fingerprint density at radius 3 is 2.73 bits per heavy atom. The lowest BCUT2D eigenvalue weighted by molar-refractivity contribution is 0.391. The van der Waals surface area contributed by atoms with Gasteiger partial charge >= 0.3 is 0 Å². The molecule has 0 aromatic carbocycles. The molecule has 2 rings (SSSR count). The van der Waals surface area contributed by atoms with Gasteiger partial charge in [-0.3, -0.25) is 0 Å². The third-order valence-corrected chi connectivity index (χ3v) is 2.98. The molecule has 1 aromatic heterocycles. The van der Waals surface area contributed by atoms with Crippen molar-refractivity contribution in [3.63, 3.8) is 0 Å². The van der Waals surface area contributed by atoms with Gasteiger partial charge in [0.2, 0.25) is 5.88 Å². The van der Waals surface area contributed by atoms with Crippen LogP contribution in [-0.4, -0.2) is 30.2 Å². The SMILES string of the molecule is COc1ncnc(N(C)C2CCC2)c1N. The summed E-state index contributed by atoms with van der Waals surface area (Å²) in [5, 5.41) is 0. The number of anilines is 2. The second-order valence-electron chi connectivity index (χ2n) is 3.82. The van der Waals surface area contributed by atoms with E-state index in [0.29, 0.717) is 17.6 Å². The lowest BCUT2D eigenvalue weighted by Gasteiger charge is -2.35. The molecule has 5 heteroatoms. The van der Waals surface area contributed by atoms with Gasteiger partial charge in [0.1, 0.15) is 12.0 Å². The highest BCUT2D eigenvalue weighted by molar-refractivity contribution is 5.67. The van der Waals surface area contributed by atoms with E-state index in [9.17, 15) is 0 Å². The van der Waals surface area contributed by atoms with Crippen LogP contribution < -0.4 is 15.4 Å². The number of hydrogen-bond acceptors (Lipinski definition) is 5. The molecule has 82 valence electrons. The van der Waals surface area contributed by atoms with Crippen molar-refractivity contribution in [2.45, 2.75) is 25.3 Å². The summed E-state index contributed by atoms with van der Waals surface area (Å²) in [7, 11) is 3.58. The average Bonchev–Trinajstić information content (AvgIpc) is 2.15. The minimum atomic E-state index is 0.450. The van der Waals surface area contributed by atoms with Crippen LogP contribution >= 0.6 is 0 Å². The molecule has 0 atom stereocenters. The Balaban J connectivity index is 2.26. The molecule has 0 amide bonds. The molecular formula is C10H16N4O. The lowest BCUT2D eigenvalue weighted by atomic mass is 9.92. The zero-order chi connectivity index (χ0) is 10.8. The van der Waals surface area contributed by atoms with Gasteiger partial charge in [-0.25, -0.2) is 4.98 Å². The number of nitrogens with two attached hydrogens (primary N) is 1. The summed E-state index contributed by atoms with van der Waals surface area (Å²) >= 11 is 0. The molecule has 1 aliphatic rings. The van der Waals surface area contributed by atoms with Crippen molar-refractivity contribution in [3.8, 4) is 5.88 Å². The molecule has 1 saturated carbocycles. The Kier molecular flexibility index (Phi) is 2.62. The summed E-state index contributed by atoms with van der Waals surface area (Å²) in [5.41, 5.74) is 6.44. The van der Waals surface area contributed by atoms with Crippen LogP contribution in [0, 0.1) is 0 Å². The first-order valence-electron chi connectivity index (χ1n) is 5.11. The summed E-state index contributed by atoms with van der Waals surface area (Å²) in [4.78, 5) is 10.3. The molecule has 5 nitrogen and oxygen atoms in total. The van der Waals surface area contributed by atoms with E-state index in [1.165, 1.54) is 25.6 Å². The number of methoxy groups -OCH3 is 1. The van der Waals surface area contributed by atoms with E-state index in [1.54, 1.807) is 7.11 Å². The van der Waals surface area contributed by atoms with Crippen LogP contribution in [0.2, 0.25) is 0 Å². The summed E-state index contributed by atoms with van der Waals surface area (Å²) in [6, 6.07) is 0.562. The van der Waals surface area contributed by atoms with E-state index in [2.05, 4.69) is 14.9 Å². The highest BCUT2D eigenvalue weighted by Crippen LogP contribution is 2.32. The molecule has 1 heterocycles. The molecule has 0 spiro atoms. The molecule has 0 bridgehead atoms. The predicted molar refractivity (Wildman–Crippen MR) is 59.0 cm³/mol. The minimum Gasteiger partial charge on any atom is -0.479 e. The summed E-state index contributed by atoms with van der Waals surface area (Å²) in [6.45, 7) is 0. The molecule has 2 N–H and O–H groups in total. The first-order chi connectivity index (χ1) is 7.24. The second kappa shape index (κ2) is 3.92. The number of nitrogens with zero attached hydrogens (tertiary/aromatic N) is 3. The number of aromatic nitrogens is 2. The summed E-state index contributed by atoms with van der Waals surface area (Å²) in [6.07, 6.45) is 5.20. The summed E-state index contributed by atoms with van der Waals surface area (Å²) in [5.74, 6) is 1.22. The fourth-order valence-corrected chi connectivity index (χ4v) is 1.76. The summed E-state index contributed by atoms with van der Waals surface area (Å²) < 4.78 is 5.06. The maximum Gasteiger partial charge on any atom is 0.242 e. The molecule has 0 aliphatic heterocycles. The van der Waals surface area contributed by atoms with Crippen molar-refractivity contribution in [2.75, 3.05) is 24.8 Å². The Bertz CT molecular complexity index is 351. The van der Waals surface area contributed by atoms with Crippen LogP contribution in [0.5, 0.6) is 5.88 Å². The van der Waals surface area contributed by atoms with Crippen molar-refractivity contribution in [1.29, 1.82) is 0 Å². The van der Waals surface area contributed by atoms with Crippen LogP contribution in [0.1, 0.15) is 19.3 Å². The molecule has 15 heavy (non-hydrogen) atoms. The smallest absolute Gasteiger partial charge is 0.242 e. The third-order valence-electron chi connectivity index (χ3n) is 2.98. The number of nitrogen functional groups attached to an aromatic ring is 1. The molecular weight excluding hydrogens is 192 g/mol. The monoisotopic (exact) mass is 208 g/mol. The Hall–Kier alpha value is -1.52. The molecule has 1 aliphatic carbocycles. The number of rotatable bonds is 3. The van der Waals surface area contributed by atoms with Crippen LogP contribution in [-0.2, 0) is 0 Å². The third kappa shape index (κ3) is 1.69. The molecule has 1 fully saturated rings. The van der Waals surface area contributed by atoms with Crippen LogP contribution in [0.3, 0.4) is 0 Å². The van der Waals surface area contributed by atoms with Gasteiger partial charge in [0.15, 0.2) is 5.82 Å². The van der Waals surface area contributed by atoms with Gasteiger partial charge in [0.25, 0.3) is 0 Å².